The number of ether oxygens (including phenoxy) is 1. The predicted molar refractivity (Wildman–Crippen MR) is 87.8 cm³/mol. The van der Waals surface area contributed by atoms with E-state index in [0.29, 0.717) is 6.61 Å². The van der Waals surface area contributed by atoms with Gasteiger partial charge in [-0.25, -0.2) is 0 Å². The van der Waals surface area contributed by atoms with Crippen LogP contribution in [0, 0.1) is 0 Å². The van der Waals surface area contributed by atoms with E-state index in [1.54, 1.807) is 0 Å². The van der Waals surface area contributed by atoms with Gasteiger partial charge < -0.3 is 9.64 Å². The van der Waals surface area contributed by atoms with E-state index in [4.69, 9.17) is 4.74 Å². The van der Waals surface area contributed by atoms with Crippen LogP contribution in [0.1, 0.15) is 53.4 Å². The molecule has 0 N–H and O–H groups in total. The molecule has 0 bridgehead atoms. The first-order chi connectivity index (χ1) is 9.76. The second-order valence-electron chi connectivity index (χ2n) is 5.19. The Balaban J connectivity index is 2.97. The summed E-state index contributed by atoms with van der Waals surface area (Å²) in [5, 5.41) is 0. The maximum Gasteiger partial charge on any atom is 0.0736 e. The van der Waals surface area contributed by atoms with Gasteiger partial charge in [0.05, 0.1) is 6.61 Å². The van der Waals surface area contributed by atoms with E-state index < -0.39 is 0 Å². The van der Waals surface area contributed by atoms with E-state index in [-0.39, 0.29) is 0 Å². The highest BCUT2D eigenvalue weighted by atomic mass is 16.5. The van der Waals surface area contributed by atoms with Gasteiger partial charge in [-0.2, -0.15) is 0 Å². The van der Waals surface area contributed by atoms with Crippen LogP contribution < -0.4 is 0 Å². The minimum absolute atomic E-state index is 0.712. The molecule has 20 heavy (non-hydrogen) atoms. The summed E-state index contributed by atoms with van der Waals surface area (Å²) < 4.78 is 5.70. The third-order valence-electron chi connectivity index (χ3n) is 3.88. The fourth-order valence-corrected chi connectivity index (χ4v) is 2.68. The van der Waals surface area contributed by atoms with Crippen molar-refractivity contribution in [2.45, 2.75) is 53.4 Å². The van der Waals surface area contributed by atoms with Crippen LogP contribution in [0.3, 0.4) is 0 Å². The molecule has 0 unspecified atom stereocenters. The first-order valence-electron chi connectivity index (χ1n) is 8.15. The molecule has 0 aromatic rings. The van der Waals surface area contributed by atoms with Gasteiger partial charge in [-0.05, 0) is 64.5 Å². The van der Waals surface area contributed by atoms with Gasteiger partial charge in [-0.15, -0.1) is 0 Å². The Morgan fingerprint density at radius 1 is 1.25 bits per heavy atom. The summed E-state index contributed by atoms with van der Waals surface area (Å²) in [5.74, 6) is 0. The van der Waals surface area contributed by atoms with Crippen LogP contribution in [0.25, 0.3) is 0 Å². The second kappa shape index (κ2) is 9.82. The standard InChI is InChI=1S/C18H31NO/c1-5-18(16-12-10-9-11-13-16)17(15-20-8-4)14-19(6-2)7-3/h5,12,14H,6-11,13,15H2,1-4H3/b17-14-,18-5+. The third-order valence-corrected chi connectivity index (χ3v) is 3.88. The van der Waals surface area contributed by atoms with Gasteiger partial charge in [0.25, 0.3) is 0 Å². The number of hydrogen-bond acceptors (Lipinski definition) is 2. The smallest absolute Gasteiger partial charge is 0.0736 e. The van der Waals surface area contributed by atoms with Crippen molar-refractivity contribution in [2.75, 3.05) is 26.3 Å². The van der Waals surface area contributed by atoms with Gasteiger partial charge in [0.1, 0.15) is 0 Å². The zero-order valence-electron chi connectivity index (χ0n) is 13.7. The van der Waals surface area contributed by atoms with Crippen molar-refractivity contribution in [3.8, 4) is 0 Å². The van der Waals surface area contributed by atoms with Crippen molar-refractivity contribution in [2.24, 2.45) is 0 Å². The van der Waals surface area contributed by atoms with Crippen molar-refractivity contribution in [3.05, 3.63) is 35.1 Å². The normalized spacial score (nSPS) is 17.1. The molecule has 1 aliphatic carbocycles. The average molecular weight is 277 g/mol. The zero-order chi connectivity index (χ0) is 14.8. The topological polar surface area (TPSA) is 12.5 Å². The highest BCUT2D eigenvalue weighted by Gasteiger charge is 2.13. The number of allylic oxidation sites excluding steroid dienone is 3. The lowest BCUT2D eigenvalue weighted by molar-refractivity contribution is 0.170. The van der Waals surface area contributed by atoms with Gasteiger partial charge in [0, 0.05) is 31.5 Å². The van der Waals surface area contributed by atoms with Crippen molar-refractivity contribution in [1.29, 1.82) is 0 Å². The minimum Gasteiger partial charge on any atom is -0.378 e. The Labute approximate surface area is 125 Å². The number of nitrogens with zero attached hydrogens (tertiary/aromatic N) is 1. The molecule has 2 nitrogen and oxygen atoms in total. The maximum atomic E-state index is 5.70. The van der Waals surface area contributed by atoms with Crippen LogP contribution in [0.5, 0.6) is 0 Å². The van der Waals surface area contributed by atoms with Gasteiger partial charge in [-0.3, -0.25) is 0 Å². The van der Waals surface area contributed by atoms with E-state index in [0.717, 1.165) is 19.7 Å². The minimum atomic E-state index is 0.712. The van der Waals surface area contributed by atoms with E-state index in [1.165, 1.54) is 42.4 Å². The van der Waals surface area contributed by atoms with Crippen LogP contribution in [-0.2, 0) is 4.74 Å². The summed E-state index contributed by atoms with van der Waals surface area (Å²) in [6.07, 6.45) is 12.0. The monoisotopic (exact) mass is 277 g/mol. The first-order valence-corrected chi connectivity index (χ1v) is 8.15. The molecule has 0 fully saturated rings. The Morgan fingerprint density at radius 3 is 2.50 bits per heavy atom. The summed E-state index contributed by atoms with van der Waals surface area (Å²) in [6.45, 7) is 12.2. The highest BCUT2D eigenvalue weighted by Crippen LogP contribution is 2.29. The zero-order valence-corrected chi connectivity index (χ0v) is 13.7. The van der Waals surface area contributed by atoms with Gasteiger partial charge in [0.2, 0.25) is 0 Å². The van der Waals surface area contributed by atoms with Crippen molar-refractivity contribution in [3.63, 3.8) is 0 Å². The van der Waals surface area contributed by atoms with E-state index >= 15 is 0 Å². The van der Waals surface area contributed by atoms with Crippen molar-refractivity contribution < 1.29 is 4.74 Å². The lowest BCUT2D eigenvalue weighted by Gasteiger charge is -2.23. The first kappa shape index (κ1) is 17.0. The van der Waals surface area contributed by atoms with Crippen LogP contribution in [0.4, 0.5) is 0 Å². The molecular weight excluding hydrogens is 246 g/mol. The van der Waals surface area contributed by atoms with Crippen LogP contribution in [-0.4, -0.2) is 31.2 Å². The Morgan fingerprint density at radius 2 is 2.00 bits per heavy atom. The molecule has 1 rings (SSSR count). The Hall–Kier alpha value is -1.02. The number of hydrogen-bond donors (Lipinski definition) is 0. The summed E-state index contributed by atoms with van der Waals surface area (Å²) in [7, 11) is 0. The molecule has 0 aliphatic heterocycles. The van der Waals surface area contributed by atoms with Gasteiger partial charge >= 0.3 is 0 Å². The Bertz CT molecular complexity index is 362. The highest BCUT2D eigenvalue weighted by molar-refractivity contribution is 5.47. The fraction of sp³-hybridized carbons (Fsp3) is 0.667. The molecule has 0 aromatic heterocycles. The molecule has 0 saturated heterocycles. The van der Waals surface area contributed by atoms with E-state index in [9.17, 15) is 0 Å². The third kappa shape index (κ3) is 5.16. The van der Waals surface area contributed by atoms with Crippen LogP contribution in [0.15, 0.2) is 35.1 Å². The Kier molecular flexibility index (Phi) is 8.36. The van der Waals surface area contributed by atoms with Gasteiger partial charge in [0.15, 0.2) is 0 Å². The molecule has 114 valence electrons. The molecule has 0 radical (unpaired) electrons. The van der Waals surface area contributed by atoms with Crippen molar-refractivity contribution in [1.82, 2.24) is 4.90 Å². The molecule has 0 aromatic carbocycles. The van der Waals surface area contributed by atoms with Crippen LogP contribution >= 0.6 is 0 Å². The van der Waals surface area contributed by atoms with E-state index in [2.05, 4.69) is 50.9 Å². The number of rotatable bonds is 8. The lowest BCUT2D eigenvalue weighted by Crippen LogP contribution is -2.18. The summed E-state index contributed by atoms with van der Waals surface area (Å²) in [4.78, 5) is 2.35. The maximum absolute atomic E-state index is 5.70. The summed E-state index contributed by atoms with van der Waals surface area (Å²) >= 11 is 0. The molecule has 0 atom stereocenters. The average Bonchev–Trinajstić information content (AvgIpc) is 2.51. The predicted octanol–water partition coefficient (Wildman–Crippen LogP) is 4.70. The molecule has 2 heteroatoms. The largest absolute Gasteiger partial charge is 0.378 e. The molecule has 1 aliphatic rings. The SMILES string of the molecule is C/C=C(C1=CCCCC1)/C(=C\N(CC)CC)COCC. The molecule has 0 spiro atoms. The molecule has 0 heterocycles. The van der Waals surface area contributed by atoms with Crippen LogP contribution in [0.2, 0.25) is 0 Å². The summed E-state index contributed by atoms with van der Waals surface area (Å²) in [6, 6.07) is 0. The fourth-order valence-electron chi connectivity index (χ4n) is 2.68. The quantitative estimate of drug-likeness (QED) is 0.596. The van der Waals surface area contributed by atoms with Crippen molar-refractivity contribution >= 4 is 0 Å². The molecular formula is C18H31NO. The molecule has 0 amide bonds. The summed E-state index contributed by atoms with van der Waals surface area (Å²) in [5.41, 5.74) is 4.23. The lowest BCUT2D eigenvalue weighted by atomic mass is 9.89. The second-order valence-corrected chi connectivity index (χ2v) is 5.19. The van der Waals surface area contributed by atoms with Gasteiger partial charge in [-0.1, -0.05) is 12.2 Å². The van der Waals surface area contributed by atoms with E-state index in [1.807, 2.05) is 0 Å². The molecule has 0 saturated carbocycles.